The number of phenols is 1. The Balaban J connectivity index is 1.59. The van der Waals surface area contributed by atoms with Crippen molar-refractivity contribution in [3.8, 4) is 22.8 Å². The van der Waals surface area contributed by atoms with Crippen molar-refractivity contribution in [3.63, 3.8) is 0 Å². The molecule has 1 aromatic carbocycles. The number of fused-ring (bicyclic) bond motifs is 2. The molecule has 2 aromatic heterocycles. The maximum atomic E-state index is 10.8. The molecule has 0 radical (unpaired) electrons. The Morgan fingerprint density at radius 2 is 2.04 bits per heavy atom. The van der Waals surface area contributed by atoms with Crippen LogP contribution in [0, 0.1) is 0 Å². The molecule has 0 unspecified atom stereocenters. The van der Waals surface area contributed by atoms with Crippen LogP contribution in [0.15, 0.2) is 30.6 Å². The summed E-state index contributed by atoms with van der Waals surface area (Å²) in [4.78, 5) is 4.22. The maximum Gasteiger partial charge on any atom is 0.158 e. The molecular formula is C20H20N4O4. The highest BCUT2D eigenvalue weighted by Gasteiger charge is 2.26. The van der Waals surface area contributed by atoms with Crippen LogP contribution in [0.2, 0.25) is 0 Å². The van der Waals surface area contributed by atoms with Gasteiger partial charge in [0.1, 0.15) is 17.2 Å². The predicted octanol–water partition coefficient (Wildman–Crippen LogP) is 1.89. The molecule has 8 heteroatoms. The SMILES string of the molecule is Oc1c(-c2nnc(N[C@@H]3CCOC[C@H]3O)c3cnccc23)ccc2c1CCO2. The van der Waals surface area contributed by atoms with Gasteiger partial charge in [-0.2, -0.15) is 0 Å². The largest absolute Gasteiger partial charge is 0.507 e. The molecule has 8 nitrogen and oxygen atoms in total. The van der Waals surface area contributed by atoms with Crippen LogP contribution >= 0.6 is 0 Å². The van der Waals surface area contributed by atoms with E-state index in [4.69, 9.17) is 9.47 Å². The third-order valence-corrected chi connectivity index (χ3v) is 5.33. The van der Waals surface area contributed by atoms with E-state index in [-0.39, 0.29) is 11.8 Å². The Kier molecular flexibility index (Phi) is 4.22. The van der Waals surface area contributed by atoms with Crippen molar-refractivity contribution in [1.29, 1.82) is 0 Å². The number of aromatic nitrogens is 3. The summed E-state index contributed by atoms with van der Waals surface area (Å²) in [6.07, 6.45) is 4.15. The van der Waals surface area contributed by atoms with E-state index < -0.39 is 6.10 Å². The van der Waals surface area contributed by atoms with Gasteiger partial charge in [-0.3, -0.25) is 4.98 Å². The molecule has 144 valence electrons. The first-order valence-corrected chi connectivity index (χ1v) is 9.33. The number of pyridine rings is 1. The molecule has 3 N–H and O–H groups in total. The zero-order valence-corrected chi connectivity index (χ0v) is 15.1. The lowest BCUT2D eigenvalue weighted by Crippen LogP contribution is -2.42. The summed E-state index contributed by atoms with van der Waals surface area (Å²) in [5.74, 6) is 1.46. The van der Waals surface area contributed by atoms with Gasteiger partial charge in [-0.15, -0.1) is 10.2 Å². The lowest BCUT2D eigenvalue weighted by Gasteiger charge is -2.29. The molecule has 2 aliphatic rings. The number of aromatic hydroxyl groups is 1. The second-order valence-electron chi connectivity index (χ2n) is 7.04. The molecule has 5 rings (SSSR count). The highest BCUT2D eigenvalue weighted by atomic mass is 16.5. The summed E-state index contributed by atoms with van der Waals surface area (Å²) in [6.45, 7) is 1.45. The van der Waals surface area contributed by atoms with E-state index in [1.165, 1.54) is 0 Å². The standard InChI is InChI=1S/C20H20N4O4/c25-16-10-27-7-5-15(16)22-20-14-9-21-6-3-11(14)18(23-24-20)13-1-2-17-12(19(13)26)4-8-28-17/h1-3,6,9,15-16,25-26H,4-5,7-8,10H2,(H,22,24)/t15-,16-/m1/s1. The molecule has 0 aliphatic carbocycles. The number of ether oxygens (including phenoxy) is 2. The molecular weight excluding hydrogens is 360 g/mol. The van der Waals surface area contributed by atoms with Crippen molar-refractivity contribution in [3.05, 3.63) is 36.2 Å². The number of anilines is 1. The van der Waals surface area contributed by atoms with Crippen molar-refractivity contribution in [2.24, 2.45) is 0 Å². The predicted molar refractivity (Wildman–Crippen MR) is 102 cm³/mol. The monoisotopic (exact) mass is 380 g/mol. The van der Waals surface area contributed by atoms with E-state index in [0.717, 1.165) is 16.3 Å². The number of aliphatic hydroxyl groups is 1. The van der Waals surface area contributed by atoms with E-state index in [1.807, 2.05) is 12.1 Å². The van der Waals surface area contributed by atoms with Crippen molar-refractivity contribution >= 4 is 16.6 Å². The number of benzene rings is 1. The fourth-order valence-electron chi connectivity index (χ4n) is 3.82. The number of hydrogen-bond donors (Lipinski definition) is 3. The minimum atomic E-state index is -0.609. The van der Waals surface area contributed by atoms with Crippen LogP contribution in [0.3, 0.4) is 0 Å². The van der Waals surface area contributed by atoms with Gasteiger partial charge < -0.3 is 25.0 Å². The number of nitrogens with zero attached hydrogens (tertiary/aromatic N) is 3. The van der Waals surface area contributed by atoms with Crippen LogP contribution < -0.4 is 10.1 Å². The van der Waals surface area contributed by atoms with Gasteiger partial charge >= 0.3 is 0 Å². The summed E-state index contributed by atoms with van der Waals surface area (Å²) >= 11 is 0. The molecule has 0 saturated carbocycles. The Hall–Kier alpha value is -2.97. The number of nitrogens with one attached hydrogen (secondary N) is 1. The fourth-order valence-corrected chi connectivity index (χ4v) is 3.82. The molecule has 0 bridgehead atoms. The summed E-state index contributed by atoms with van der Waals surface area (Å²) < 4.78 is 10.8. The van der Waals surface area contributed by atoms with Crippen LogP contribution in [-0.4, -0.2) is 57.4 Å². The Labute approximate surface area is 161 Å². The average molecular weight is 380 g/mol. The molecule has 0 spiro atoms. The van der Waals surface area contributed by atoms with Crippen molar-refractivity contribution in [2.75, 3.05) is 25.1 Å². The van der Waals surface area contributed by atoms with E-state index in [0.29, 0.717) is 55.5 Å². The summed E-state index contributed by atoms with van der Waals surface area (Å²) in [5, 5.41) is 34.6. The van der Waals surface area contributed by atoms with Gasteiger partial charge in [-0.25, -0.2) is 0 Å². The van der Waals surface area contributed by atoms with Gasteiger partial charge in [0.05, 0.1) is 25.4 Å². The first-order chi connectivity index (χ1) is 13.7. The normalized spacial score (nSPS) is 21.3. The van der Waals surface area contributed by atoms with Crippen LogP contribution in [0.25, 0.3) is 22.0 Å². The molecule has 2 atom stereocenters. The fraction of sp³-hybridized carbons (Fsp3) is 0.350. The molecule has 2 aliphatic heterocycles. The topological polar surface area (TPSA) is 110 Å². The van der Waals surface area contributed by atoms with Crippen molar-refractivity contribution in [1.82, 2.24) is 15.2 Å². The Morgan fingerprint density at radius 3 is 2.93 bits per heavy atom. The summed E-state index contributed by atoms with van der Waals surface area (Å²) in [6, 6.07) is 5.35. The molecule has 1 saturated heterocycles. The van der Waals surface area contributed by atoms with Gasteiger partial charge in [-0.05, 0) is 24.6 Å². The number of hydrogen-bond acceptors (Lipinski definition) is 8. The van der Waals surface area contributed by atoms with Crippen LogP contribution in [0.1, 0.15) is 12.0 Å². The molecule has 3 aromatic rings. The van der Waals surface area contributed by atoms with E-state index in [2.05, 4.69) is 20.5 Å². The third-order valence-electron chi connectivity index (χ3n) is 5.33. The number of aliphatic hydroxyl groups excluding tert-OH is 1. The molecule has 1 fully saturated rings. The summed E-state index contributed by atoms with van der Waals surface area (Å²) in [5.41, 5.74) is 2.00. The Morgan fingerprint density at radius 1 is 1.11 bits per heavy atom. The smallest absolute Gasteiger partial charge is 0.158 e. The number of rotatable bonds is 3. The first kappa shape index (κ1) is 17.2. The van der Waals surface area contributed by atoms with Gasteiger partial charge in [0.2, 0.25) is 0 Å². The highest BCUT2D eigenvalue weighted by Crippen LogP contribution is 2.41. The van der Waals surface area contributed by atoms with E-state index in [9.17, 15) is 10.2 Å². The maximum absolute atomic E-state index is 10.8. The van der Waals surface area contributed by atoms with Crippen LogP contribution in [0.5, 0.6) is 11.5 Å². The van der Waals surface area contributed by atoms with Crippen LogP contribution in [-0.2, 0) is 11.2 Å². The van der Waals surface area contributed by atoms with Crippen LogP contribution in [0.4, 0.5) is 5.82 Å². The average Bonchev–Trinajstić information content (AvgIpc) is 3.20. The highest BCUT2D eigenvalue weighted by molar-refractivity contribution is 6.00. The quantitative estimate of drug-likeness (QED) is 0.632. The van der Waals surface area contributed by atoms with Gasteiger partial charge in [-0.1, -0.05) is 0 Å². The first-order valence-electron chi connectivity index (χ1n) is 9.33. The van der Waals surface area contributed by atoms with E-state index >= 15 is 0 Å². The van der Waals surface area contributed by atoms with Crippen molar-refractivity contribution < 1.29 is 19.7 Å². The molecule has 4 heterocycles. The minimum Gasteiger partial charge on any atom is -0.507 e. The molecule has 0 amide bonds. The second kappa shape index (κ2) is 6.88. The Bertz CT molecular complexity index is 1040. The van der Waals surface area contributed by atoms with Gasteiger partial charge in [0.25, 0.3) is 0 Å². The van der Waals surface area contributed by atoms with Crippen molar-refractivity contribution in [2.45, 2.75) is 25.0 Å². The van der Waals surface area contributed by atoms with Gasteiger partial charge in [0.15, 0.2) is 5.82 Å². The minimum absolute atomic E-state index is 0.164. The zero-order chi connectivity index (χ0) is 19.1. The third kappa shape index (κ3) is 2.81. The zero-order valence-electron chi connectivity index (χ0n) is 15.1. The number of phenolic OH excluding ortho intramolecular Hbond substituents is 1. The second-order valence-corrected chi connectivity index (χ2v) is 7.04. The summed E-state index contributed by atoms with van der Waals surface area (Å²) in [7, 11) is 0. The lowest BCUT2D eigenvalue weighted by atomic mass is 10.0. The van der Waals surface area contributed by atoms with Gasteiger partial charge in [0, 0.05) is 47.3 Å². The lowest BCUT2D eigenvalue weighted by molar-refractivity contribution is -0.0135. The molecule has 28 heavy (non-hydrogen) atoms. The van der Waals surface area contributed by atoms with E-state index in [1.54, 1.807) is 18.5 Å².